The largest absolute Gasteiger partial charge is 0.466 e. The Labute approximate surface area is 73.1 Å². The van der Waals surface area contributed by atoms with E-state index >= 15 is 0 Å². The lowest BCUT2D eigenvalue weighted by Gasteiger charge is -2.05. The van der Waals surface area contributed by atoms with Crippen molar-refractivity contribution in [2.75, 3.05) is 6.61 Å². The molecule has 0 fully saturated rings. The fourth-order valence-electron chi connectivity index (χ4n) is 0.928. The Bertz CT molecular complexity index is 126. The smallest absolute Gasteiger partial charge is 0.308 e. The lowest BCUT2D eigenvalue weighted by atomic mass is 10.1. The van der Waals surface area contributed by atoms with Crippen LogP contribution in [0.4, 0.5) is 4.39 Å². The first-order valence-electron chi connectivity index (χ1n) is 4.50. The van der Waals surface area contributed by atoms with E-state index in [4.69, 9.17) is 0 Å². The fourth-order valence-corrected chi connectivity index (χ4v) is 0.928. The minimum Gasteiger partial charge on any atom is -0.466 e. The van der Waals surface area contributed by atoms with Crippen LogP contribution in [0.2, 0.25) is 0 Å². The number of carbonyl (C=O) groups is 1. The van der Waals surface area contributed by atoms with Crippen LogP contribution in [0.5, 0.6) is 0 Å². The van der Waals surface area contributed by atoms with E-state index in [0.717, 1.165) is 12.8 Å². The molecule has 1 atom stereocenters. The zero-order valence-corrected chi connectivity index (χ0v) is 7.81. The van der Waals surface area contributed by atoms with E-state index in [2.05, 4.69) is 4.74 Å². The quantitative estimate of drug-likeness (QED) is 0.581. The summed E-state index contributed by atoms with van der Waals surface area (Å²) in [5.41, 5.74) is 0. The molecule has 12 heavy (non-hydrogen) atoms. The number of halogens is 1. The number of unbranched alkanes of at least 4 members (excludes halogenated alkanes) is 1. The summed E-state index contributed by atoms with van der Waals surface area (Å²) in [5, 5.41) is 0. The maximum atomic E-state index is 12.9. The average molecular weight is 176 g/mol. The Morgan fingerprint density at radius 1 is 1.50 bits per heavy atom. The molecule has 0 saturated heterocycles. The lowest BCUT2D eigenvalue weighted by molar-refractivity contribution is -0.144. The summed E-state index contributed by atoms with van der Waals surface area (Å²) >= 11 is 0. The van der Waals surface area contributed by atoms with Crippen molar-refractivity contribution in [3.63, 3.8) is 0 Å². The van der Waals surface area contributed by atoms with Crippen LogP contribution < -0.4 is 0 Å². The van der Waals surface area contributed by atoms with Crippen molar-refractivity contribution in [1.29, 1.82) is 0 Å². The highest BCUT2D eigenvalue weighted by atomic mass is 19.1. The third kappa shape index (κ3) is 6.13. The molecule has 0 rings (SSSR count). The molecule has 0 aromatic carbocycles. The molecule has 0 aliphatic carbocycles. The topological polar surface area (TPSA) is 26.3 Å². The van der Waals surface area contributed by atoms with Gasteiger partial charge in [-0.1, -0.05) is 19.8 Å². The van der Waals surface area contributed by atoms with Gasteiger partial charge < -0.3 is 4.74 Å². The first-order chi connectivity index (χ1) is 5.70. The highest BCUT2D eigenvalue weighted by Crippen LogP contribution is 2.08. The van der Waals surface area contributed by atoms with Gasteiger partial charge in [0, 0.05) is 0 Å². The van der Waals surface area contributed by atoms with E-state index < -0.39 is 12.1 Å². The zero-order chi connectivity index (χ0) is 9.40. The second kappa shape index (κ2) is 7.07. The van der Waals surface area contributed by atoms with Crippen LogP contribution in [-0.4, -0.2) is 18.7 Å². The molecule has 0 spiro atoms. The average Bonchev–Trinajstić information content (AvgIpc) is 2.01. The Balaban J connectivity index is 3.40. The second-order valence-electron chi connectivity index (χ2n) is 2.75. The van der Waals surface area contributed by atoms with E-state index in [0.29, 0.717) is 13.0 Å². The summed E-state index contributed by atoms with van der Waals surface area (Å²) in [7, 11) is 0. The van der Waals surface area contributed by atoms with Gasteiger partial charge >= 0.3 is 5.97 Å². The van der Waals surface area contributed by atoms with Gasteiger partial charge in [0.1, 0.15) is 6.17 Å². The molecule has 0 aromatic rings. The van der Waals surface area contributed by atoms with Gasteiger partial charge in [-0.3, -0.25) is 4.79 Å². The molecule has 2 nitrogen and oxygen atoms in total. The van der Waals surface area contributed by atoms with Crippen LogP contribution in [0.15, 0.2) is 0 Å². The van der Waals surface area contributed by atoms with Crippen LogP contribution in [-0.2, 0) is 9.53 Å². The van der Waals surface area contributed by atoms with Gasteiger partial charge in [0.15, 0.2) is 0 Å². The van der Waals surface area contributed by atoms with Gasteiger partial charge in [-0.15, -0.1) is 0 Å². The maximum Gasteiger partial charge on any atom is 0.308 e. The van der Waals surface area contributed by atoms with Crippen LogP contribution in [0, 0.1) is 0 Å². The number of ether oxygens (including phenoxy) is 1. The predicted octanol–water partition coefficient (Wildman–Crippen LogP) is 2.47. The number of esters is 1. The van der Waals surface area contributed by atoms with E-state index in [-0.39, 0.29) is 6.42 Å². The Morgan fingerprint density at radius 3 is 2.67 bits per heavy atom. The molecule has 3 heteroatoms. The predicted molar refractivity (Wildman–Crippen MR) is 45.7 cm³/mol. The zero-order valence-electron chi connectivity index (χ0n) is 7.81. The summed E-state index contributed by atoms with van der Waals surface area (Å²) in [4.78, 5) is 10.8. The summed E-state index contributed by atoms with van der Waals surface area (Å²) in [6.07, 6.45) is 1.15. The molecule has 1 unspecified atom stereocenters. The Morgan fingerprint density at radius 2 is 2.17 bits per heavy atom. The molecule has 0 radical (unpaired) electrons. The number of alkyl halides is 1. The highest BCUT2D eigenvalue weighted by molar-refractivity contribution is 5.69. The molecule has 0 bridgehead atoms. The normalized spacial score (nSPS) is 12.6. The molecule has 72 valence electrons. The second-order valence-corrected chi connectivity index (χ2v) is 2.75. The summed E-state index contributed by atoms with van der Waals surface area (Å²) < 4.78 is 17.5. The van der Waals surface area contributed by atoms with Gasteiger partial charge in [-0.2, -0.15) is 0 Å². The van der Waals surface area contributed by atoms with Gasteiger partial charge in [-0.05, 0) is 13.3 Å². The van der Waals surface area contributed by atoms with Gasteiger partial charge in [0.2, 0.25) is 0 Å². The van der Waals surface area contributed by atoms with Gasteiger partial charge in [-0.25, -0.2) is 4.39 Å². The van der Waals surface area contributed by atoms with E-state index in [1.165, 1.54) is 0 Å². The molecular formula is C9H17FO2. The van der Waals surface area contributed by atoms with Crippen molar-refractivity contribution in [2.24, 2.45) is 0 Å². The van der Waals surface area contributed by atoms with Gasteiger partial charge in [0.25, 0.3) is 0 Å². The van der Waals surface area contributed by atoms with Crippen molar-refractivity contribution < 1.29 is 13.9 Å². The van der Waals surface area contributed by atoms with Crippen molar-refractivity contribution in [2.45, 2.75) is 45.7 Å². The summed E-state index contributed by atoms with van der Waals surface area (Å²) in [6.45, 7) is 4.05. The molecule has 0 saturated carbocycles. The third-order valence-electron chi connectivity index (χ3n) is 1.56. The monoisotopic (exact) mass is 176 g/mol. The van der Waals surface area contributed by atoms with E-state index in [9.17, 15) is 9.18 Å². The van der Waals surface area contributed by atoms with Crippen molar-refractivity contribution in [3.05, 3.63) is 0 Å². The molecule has 0 aromatic heterocycles. The maximum absolute atomic E-state index is 12.9. The number of rotatable bonds is 6. The first kappa shape index (κ1) is 11.4. The van der Waals surface area contributed by atoms with Crippen LogP contribution in [0.1, 0.15) is 39.5 Å². The fraction of sp³-hybridized carbons (Fsp3) is 0.889. The molecular weight excluding hydrogens is 159 g/mol. The number of carbonyl (C=O) groups excluding carboxylic acids is 1. The lowest BCUT2D eigenvalue weighted by Crippen LogP contribution is -2.12. The van der Waals surface area contributed by atoms with Crippen LogP contribution in [0.3, 0.4) is 0 Å². The number of hydrogen-bond donors (Lipinski definition) is 0. The SMILES string of the molecule is CCCCC(F)CC(=O)OCC. The van der Waals surface area contributed by atoms with Crippen molar-refractivity contribution in [3.8, 4) is 0 Å². The molecule has 0 aliphatic heterocycles. The summed E-state index contributed by atoms with van der Waals surface area (Å²) in [5.74, 6) is -0.430. The number of hydrogen-bond acceptors (Lipinski definition) is 2. The molecule has 0 amide bonds. The minimum atomic E-state index is -1.02. The van der Waals surface area contributed by atoms with Crippen molar-refractivity contribution in [1.82, 2.24) is 0 Å². The van der Waals surface area contributed by atoms with E-state index in [1.54, 1.807) is 6.92 Å². The van der Waals surface area contributed by atoms with Crippen molar-refractivity contribution >= 4 is 5.97 Å². The highest BCUT2D eigenvalue weighted by Gasteiger charge is 2.12. The third-order valence-corrected chi connectivity index (χ3v) is 1.56. The molecule has 0 heterocycles. The minimum absolute atomic E-state index is 0.0894. The standard InChI is InChI=1S/C9H17FO2/c1-3-5-6-8(10)7-9(11)12-4-2/h8H,3-7H2,1-2H3. The van der Waals surface area contributed by atoms with Crippen LogP contribution >= 0.6 is 0 Å². The molecule has 0 aliphatic rings. The van der Waals surface area contributed by atoms with Gasteiger partial charge in [0.05, 0.1) is 13.0 Å². The van der Waals surface area contributed by atoms with E-state index in [1.807, 2.05) is 6.92 Å². The Kier molecular flexibility index (Phi) is 6.72. The molecule has 0 N–H and O–H groups in total. The first-order valence-corrected chi connectivity index (χ1v) is 4.50. The summed E-state index contributed by atoms with van der Waals surface area (Å²) in [6, 6.07) is 0. The Hall–Kier alpha value is -0.600. The van der Waals surface area contributed by atoms with Crippen LogP contribution in [0.25, 0.3) is 0 Å².